The van der Waals surface area contributed by atoms with Crippen molar-refractivity contribution in [3.05, 3.63) is 0 Å². The number of rotatable bonds is 9. The summed E-state index contributed by atoms with van der Waals surface area (Å²) in [5.74, 6) is 1.03. The molecule has 2 N–H and O–H groups in total. The maximum absolute atomic E-state index is 11.7. The third-order valence-electron chi connectivity index (χ3n) is 3.75. The zero-order valence-corrected chi connectivity index (χ0v) is 11.1. The van der Waals surface area contributed by atoms with E-state index in [1.165, 1.54) is 0 Å². The van der Waals surface area contributed by atoms with E-state index in [1.807, 2.05) is 0 Å². The first kappa shape index (κ1) is 14.7. The molecule has 3 heteroatoms. The summed E-state index contributed by atoms with van der Waals surface area (Å²) in [5.41, 5.74) is 5.55. The fraction of sp³-hybridized carbons (Fsp3) is 0.929. The molecule has 3 nitrogen and oxygen atoms in total. The molecule has 0 saturated carbocycles. The van der Waals surface area contributed by atoms with Crippen LogP contribution in [-0.2, 0) is 9.53 Å². The molecular formula is C14H27NO2. The van der Waals surface area contributed by atoms with Crippen LogP contribution in [0.15, 0.2) is 0 Å². The lowest BCUT2D eigenvalue weighted by atomic mass is 9.94. The van der Waals surface area contributed by atoms with Crippen LogP contribution in [0.3, 0.4) is 0 Å². The Labute approximate surface area is 105 Å². The molecule has 100 valence electrons. The molecule has 0 aromatic rings. The van der Waals surface area contributed by atoms with E-state index in [1.54, 1.807) is 0 Å². The molecule has 1 aliphatic rings. The van der Waals surface area contributed by atoms with Crippen LogP contribution in [-0.4, -0.2) is 25.0 Å². The van der Waals surface area contributed by atoms with Gasteiger partial charge in [-0.25, -0.2) is 0 Å². The van der Waals surface area contributed by atoms with Gasteiger partial charge in [-0.3, -0.25) is 4.79 Å². The van der Waals surface area contributed by atoms with Crippen LogP contribution in [0, 0.1) is 5.92 Å². The van der Waals surface area contributed by atoms with Crippen LogP contribution in [0.1, 0.15) is 58.3 Å². The summed E-state index contributed by atoms with van der Waals surface area (Å²) < 4.78 is 5.52. The molecule has 1 fully saturated rings. The lowest BCUT2D eigenvalue weighted by molar-refractivity contribution is -0.120. The Morgan fingerprint density at radius 3 is 2.82 bits per heavy atom. The molecule has 0 bridgehead atoms. The second-order valence-electron chi connectivity index (χ2n) is 5.10. The molecule has 1 aliphatic heterocycles. The van der Waals surface area contributed by atoms with Gasteiger partial charge < -0.3 is 10.5 Å². The minimum absolute atomic E-state index is 0.352. The molecule has 2 atom stereocenters. The predicted molar refractivity (Wildman–Crippen MR) is 69.9 cm³/mol. The Balaban J connectivity index is 2.07. The van der Waals surface area contributed by atoms with Crippen LogP contribution in [0.25, 0.3) is 0 Å². The van der Waals surface area contributed by atoms with Gasteiger partial charge in [0.05, 0.1) is 6.10 Å². The van der Waals surface area contributed by atoms with E-state index < -0.39 is 0 Å². The van der Waals surface area contributed by atoms with E-state index in [2.05, 4.69) is 6.92 Å². The fourth-order valence-electron chi connectivity index (χ4n) is 2.47. The van der Waals surface area contributed by atoms with Crippen LogP contribution in [0.5, 0.6) is 0 Å². The van der Waals surface area contributed by atoms with Crippen molar-refractivity contribution in [1.29, 1.82) is 0 Å². The molecule has 0 aliphatic carbocycles. The van der Waals surface area contributed by atoms with Crippen LogP contribution in [0.4, 0.5) is 0 Å². The lowest BCUT2D eigenvalue weighted by Gasteiger charge is -2.13. The van der Waals surface area contributed by atoms with Gasteiger partial charge in [0.1, 0.15) is 5.78 Å². The number of Topliss-reactive ketones (excluding diaryl/α,β-unsaturated/α-hetero) is 1. The number of ketones is 1. The highest BCUT2D eigenvalue weighted by Crippen LogP contribution is 2.19. The molecule has 1 rings (SSSR count). The molecule has 1 saturated heterocycles. The second kappa shape index (κ2) is 8.65. The van der Waals surface area contributed by atoms with Crippen LogP contribution >= 0.6 is 0 Å². The first-order valence-corrected chi connectivity index (χ1v) is 7.09. The van der Waals surface area contributed by atoms with Gasteiger partial charge in [-0.05, 0) is 44.6 Å². The first-order chi connectivity index (χ1) is 8.26. The standard InChI is InChI=1S/C14H27NO2/c1-2-12(9-10-15)5-6-13(16)7-8-14-4-3-11-17-14/h12,14H,2-11,15H2,1H3. The summed E-state index contributed by atoms with van der Waals surface area (Å²) in [6.07, 6.45) is 8.20. The van der Waals surface area contributed by atoms with Crippen molar-refractivity contribution in [3.63, 3.8) is 0 Å². The van der Waals surface area contributed by atoms with E-state index in [4.69, 9.17) is 10.5 Å². The van der Waals surface area contributed by atoms with Crippen LogP contribution < -0.4 is 5.73 Å². The molecule has 0 amide bonds. The maximum atomic E-state index is 11.7. The fourth-order valence-corrected chi connectivity index (χ4v) is 2.47. The largest absolute Gasteiger partial charge is 0.378 e. The number of hydrogen-bond acceptors (Lipinski definition) is 3. The van der Waals surface area contributed by atoms with Crippen LogP contribution in [0.2, 0.25) is 0 Å². The van der Waals surface area contributed by atoms with E-state index in [0.717, 1.165) is 58.1 Å². The van der Waals surface area contributed by atoms with Gasteiger partial charge in [0, 0.05) is 19.4 Å². The summed E-state index contributed by atoms with van der Waals surface area (Å²) >= 11 is 0. The normalized spacial score (nSPS) is 21.6. The van der Waals surface area contributed by atoms with E-state index in [-0.39, 0.29) is 0 Å². The van der Waals surface area contributed by atoms with Gasteiger partial charge in [-0.1, -0.05) is 13.3 Å². The predicted octanol–water partition coefficient (Wildman–Crippen LogP) is 2.67. The number of carbonyl (C=O) groups is 1. The van der Waals surface area contributed by atoms with Crippen molar-refractivity contribution in [3.8, 4) is 0 Å². The smallest absolute Gasteiger partial charge is 0.133 e. The zero-order valence-electron chi connectivity index (χ0n) is 11.1. The van der Waals surface area contributed by atoms with Crippen molar-refractivity contribution < 1.29 is 9.53 Å². The van der Waals surface area contributed by atoms with Crippen molar-refractivity contribution in [2.75, 3.05) is 13.2 Å². The molecular weight excluding hydrogens is 214 g/mol. The molecule has 0 aromatic heterocycles. The molecule has 0 spiro atoms. The average molecular weight is 241 g/mol. The second-order valence-corrected chi connectivity index (χ2v) is 5.10. The summed E-state index contributed by atoms with van der Waals surface area (Å²) in [6.45, 7) is 3.80. The number of nitrogens with two attached hydrogens (primary N) is 1. The third kappa shape index (κ3) is 6.18. The maximum Gasteiger partial charge on any atom is 0.133 e. The molecule has 0 radical (unpaired) electrons. The average Bonchev–Trinajstić information content (AvgIpc) is 2.85. The van der Waals surface area contributed by atoms with E-state index in [0.29, 0.717) is 24.2 Å². The highest BCUT2D eigenvalue weighted by atomic mass is 16.5. The number of ether oxygens (including phenoxy) is 1. The van der Waals surface area contributed by atoms with Gasteiger partial charge in [0.2, 0.25) is 0 Å². The monoisotopic (exact) mass is 241 g/mol. The van der Waals surface area contributed by atoms with E-state index >= 15 is 0 Å². The topological polar surface area (TPSA) is 52.3 Å². The molecule has 0 aromatic carbocycles. The number of hydrogen-bond donors (Lipinski definition) is 1. The summed E-state index contributed by atoms with van der Waals surface area (Å²) in [7, 11) is 0. The van der Waals surface area contributed by atoms with Crippen molar-refractivity contribution in [2.45, 2.75) is 64.4 Å². The highest BCUT2D eigenvalue weighted by Gasteiger charge is 2.17. The van der Waals surface area contributed by atoms with Gasteiger partial charge in [0.25, 0.3) is 0 Å². The van der Waals surface area contributed by atoms with Gasteiger partial charge >= 0.3 is 0 Å². The zero-order chi connectivity index (χ0) is 12.5. The van der Waals surface area contributed by atoms with Gasteiger partial charge in [-0.2, -0.15) is 0 Å². The summed E-state index contributed by atoms with van der Waals surface area (Å²) in [5, 5.41) is 0. The highest BCUT2D eigenvalue weighted by molar-refractivity contribution is 5.78. The third-order valence-corrected chi connectivity index (χ3v) is 3.75. The van der Waals surface area contributed by atoms with Crippen molar-refractivity contribution >= 4 is 5.78 Å². The summed E-state index contributed by atoms with van der Waals surface area (Å²) in [6, 6.07) is 0. The Morgan fingerprint density at radius 2 is 2.24 bits per heavy atom. The lowest BCUT2D eigenvalue weighted by Crippen LogP contribution is -2.12. The quantitative estimate of drug-likeness (QED) is 0.675. The Morgan fingerprint density at radius 1 is 1.41 bits per heavy atom. The molecule has 1 heterocycles. The SMILES string of the molecule is CCC(CCN)CCC(=O)CCC1CCCO1. The molecule has 2 unspecified atom stereocenters. The summed E-state index contributed by atoms with van der Waals surface area (Å²) in [4.78, 5) is 11.7. The minimum Gasteiger partial charge on any atom is -0.378 e. The first-order valence-electron chi connectivity index (χ1n) is 7.09. The Bertz CT molecular complexity index is 212. The number of carbonyl (C=O) groups excluding carboxylic acids is 1. The van der Waals surface area contributed by atoms with Crippen molar-refractivity contribution in [1.82, 2.24) is 0 Å². The van der Waals surface area contributed by atoms with Gasteiger partial charge in [0.15, 0.2) is 0 Å². The van der Waals surface area contributed by atoms with E-state index in [9.17, 15) is 4.79 Å². The minimum atomic E-state index is 0.352. The Kier molecular flexibility index (Phi) is 7.45. The van der Waals surface area contributed by atoms with Gasteiger partial charge in [-0.15, -0.1) is 0 Å². The van der Waals surface area contributed by atoms with Crippen molar-refractivity contribution in [2.24, 2.45) is 11.7 Å². The Hall–Kier alpha value is -0.410. The molecule has 17 heavy (non-hydrogen) atoms.